The molecule has 0 aliphatic carbocycles. The Hall–Kier alpha value is -1.27. The standard InChI is InChI=1S/C8H10F3N2O2/c9-8(10,11)7(15)13-3-1-6(2-4-13)12-5-14/h6H,1-4H2,(H,12,14). The van der Waals surface area contributed by atoms with Crippen molar-refractivity contribution in [1.29, 1.82) is 0 Å². The van der Waals surface area contributed by atoms with Gasteiger partial charge in [-0.15, -0.1) is 0 Å². The van der Waals surface area contributed by atoms with Crippen LogP contribution in [-0.4, -0.2) is 42.5 Å². The maximum Gasteiger partial charge on any atom is 0.471 e. The first-order chi connectivity index (χ1) is 6.95. The van der Waals surface area contributed by atoms with Crippen molar-refractivity contribution in [1.82, 2.24) is 10.2 Å². The summed E-state index contributed by atoms with van der Waals surface area (Å²) in [6.45, 7) is 0.0232. The lowest BCUT2D eigenvalue weighted by Crippen LogP contribution is -2.48. The van der Waals surface area contributed by atoms with Crippen molar-refractivity contribution in [2.75, 3.05) is 13.1 Å². The monoisotopic (exact) mass is 223 g/mol. The fraction of sp³-hybridized carbons (Fsp3) is 0.750. The van der Waals surface area contributed by atoms with E-state index in [1.54, 1.807) is 0 Å². The topological polar surface area (TPSA) is 49.4 Å². The van der Waals surface area contributed by atoms with E-state index in [0.29, 0.717) is 12.8 Å². The average Bonchev–Trinajstić information content (AvgIpc) is 2.17. The number of hydrogen-bond acceptors (Lipinski definition) is 2. The second kappa shape index (κ2) is 4.50. The molecule has 0 spiro atoms. The van der Waals surface area contributed by atoms with Crippen molar-refractivity contribution < 1.29 is 22.8 Å². The quantitative estimate of drug-likeness (QED) is 0.680. The predicted octanol–water partition coefficient (Wildman–Crippen LogP) is 0.196. The van der Waals surface area contributed by atoms with Crippen molar-refractivity contribution >= 4 is 12.3 Å². The molecule has 7 heteroatoms. The van der Waals surface area contributed by atoms with Crippen LogP contribution in [0.2, 0.25) is 0 Å². The van der Waals surface area contributed by atoms with Gasteiger partial charge in [-0.2, -0.15) is 13.2 Å². The van der Waals surface area contributed by atoms with Crippen LogP contribution in [0.1, 0.15) is 12.8 Å². The van der Waals surface area contributed by atoms with Crippen LogP contribution in [0.3, 0.4) is 0 Å². The van der Waals surface area contributed by atoms with Crippen LogP contribution in [0.15, 0.2) is 0 Å². The van der Waals surface area contributed by atoms with Crippen molar-refractivity contribution in [3.8, 4) is 0 Å². The molecule has 85 valence electrons. The number of carbonyl (C=O) groups excluding carboxylic acids is 2. The Morgan fingerprint density at radius 2 is 1.87 bits per heavy atom. The Morgan fingerprint density at radius 3 is 2.27 bits per heavy atom. The molecule has 1 fully saturated rings. The van der Waals surface area contributed by atoms with E-state index in [1.807, 2.05) is 0 Å². The van der Waals surface area contributed by atoms with Gasteiger partial charge < -0.3 is 10.2 Å². The fourth-order valence-corrected chi connectivity index (χ4v) is 1.49. The summed E-state index contributed by atoms with van der Waals surface area (Å²) in [5.74, 6) is -1.81. The van der Waals surface area contributed by atoms with Crippen molar-refractivity contribution in [2.24, 2.45) is 0 Å². The molecule has 15 heavy (non-hydrogen) atoms. The van der Waals surface area contributed by atoms with E-state index in [0.717, 1.165) is 4.90 Å². The number of rotatable bonds is 2. The van der Waals surface area contributed by atoms with Crippen LogP contribution in [0.5, 0.6) is 0 Å². The summed E-state index contributed by atoms with van der Waals surface area (Å²) in [5, 5.41) is 2.36. The van der Waals surface area contributed by atoms with Gasteiger partial charge in [0, 0.05) is 19.1 Å². The molecule has 0 unspecified atom stereocenters. The lowest BCUT2D eigenvalue weighted by molar-refractivity contribution is -0.186. The minimum atomic E-state index is -4.81. The number of piperidine rings is 1. The van der Waals surface area contributed by atoms with Gasteiger partial charge in [0.2, 0.25) is 0 Å². The van der Waals surface area contributed by atoms with Crippen LogP contribution in [0.4, 0.5) is 13.2 Å². The van der Waals surface area contributed by atoms with Crippen LogP contribution >= 0.6 is 0 Å². The number of halogens is 3. The molecular weight excluding hydrogens is 213 g/mol. The minimum absolute atomic E-state index is 0.0116. The van der Waals surface area contributed by atoms with Gasteiger partial charge in [-0.05, 0) is 12.8 Å². The molecule has 1 aliphatic rings. The van der Waals surface area contributed by atoms with Crippen molar-refractivity contribution in [3.63, 3.8) is 0 Å². The number of likely N-dealkylation sites (tertiary alicyclic amines) is 1. The molecule has 1 N–H and O–H groups in total. The second-order valence-electron chi connectivity index (χ2n) is 3.31. The number of carbonyl (C=O) groups is 1. The first-order valence-electron chi connectivity index (χ1n) is 4.44. The summed E-state index contributed by atoms with van der Waals surface area (Å²) >= 11 is 0. The zero-order valence-corrected chi connectivity index (χ0v) is 7.80. The summed E-state index contributed by atoms with van der Waals surface area (Å²) in [5.41, 5.74) is 0. The zero-order chi connectivity index (χ0) is 11.5. The molecule has 4 nitrogen and oxygen atoms in total. The van der Waals surface area contributed by atoms with Gasteiger partial charge in [-0.3, -0.25) is 9.59 Å². The minimum Gasteiger partial charge on any atom is -0.345 e. The van der Waals surface area contributed by atoms with Gasteiger partial charge >= 0.3 is 18.5 Å². The zero-order valence-electron chi connectivity index (χ0n) is 7.80. The Balaban J connectivity index is 2.44. The maximum absolute atomic E-state index is 12.0. The van der Waals surface area contributed by atoms with E-state index in [4.69, 9.17) is 0 Å². The molecule has 1 radical (unpaired) electrons. The van der Waals surface area contributed by atoms with Gasteiger partial charge in [-0.1, -0.05) is 0 Å². The normalized spacial score (nSPS) is 18.7. The molecule has 0 atom stereocenters. The number of alkyl halides is 3. The number of nitrogens with zero attached hydrogens (tertiary/aromatic N) is 1. The highest BCUT2D eigenvalue weighted by atomic mass is 19.4. The molecule has 0 aromatic carbocycles. The summed E-state index contributed by atoms with van der Waals surface area (Å²) in [4.78, 5) is 21.5. The van der Waals surface area contributed by atoms with Gasteiger partial charge in [-0.25, -0.2) is 0 Å². The third-order valence-corrected chi connectivity index (χ3v) is 2.29. The van der Waals surface area contributed by atoms with E-state index < -0.39 is 12.1 Å². The smallest absolute Gasteiger partial charge is 0.345 e. The van der Waals surface area contributed by atoms with Crippen molar-refractivity contribution in [3.05, 3.63) is 0 Å². The molecule has 1 heterocycles. The highest BCUT2D eigenvalue weighted by molar-refractivity contribution is 5.81. The SMILES string of the molecule is O=[C]NC1CCN(C(=O)C(F)(F)F)CC1. The van der Waals surface area contributed by atoms with E-state index in [-0.39, 0.29) is 19.1 Å². The summed E-state index contributed by atoms with van der Waals surface area (Å²) in [7, 11) is 0. The Kier molecular flexibility index (Phi) is 3.54. The summed E-state index contributed by atoms with van der Waals surface area (Å²) in [6, 6.07) is -0.181. The molecular formula is C8H10F3N2O2. The van der Waals surface area contributed by atoms with Crippen LogP contribution in [0.25, 0.3) is 0 Å². The largest absolute Gasteiger partial charge is 0.471 e. The molecule has 0 bridgehead atoms. The molecule has 1 rings (SSSR count). The summed E-state index contributed by atoms with van der Waals surface area (Å²) < 4.78 is 36.0. The average molecular weight is 223 g/mol. The van der Waals surface area contributed by atoms with E-state index in [9.17, 15) is 22.8 Å². The molecule has 0 aromatic heterocycles. The van der Waals surface area contributed by atoms with E-state index in [1.165, 1.54) is 6.41 Å². The number of amides is 2. The van der Waals surface area contributed by atoms with Gasteiger partial charge in [0.1, 0.15) is 0 Å². The van der Waals surface area contributed by atoms with Gasteiger partial charge in [0.05, 0.1) is 0 Å². The van der Waals surface area contributed by atoms with Gasteiger partial charge in [0.15, 0.2) is 0 Å². The Morgan fingerprint density at radius 1 is 1.33 bits per heavy atom. The Labute approximate surface area is 84.4 Å². The molecule has 2 amide bonds. The molecule has 0 aromatic rings. The Bertz CT molecular complexity index is 247. The highest BCUT2D eigenvalue weighted by Gasteiger charge is 2.43. The lowest BCUT2D eigenvalue weighted by Gasteiger charge is -2.31. The van der Waals surface area contributed by atoms with E-state index >= 15 is 0 Å². The number of nitrogens with one attached hydrogen (secondary N) is 1. The third kappa shape index (κ3) is 3.10. The highest BCUT2D eigenvalue weighted by Crippen LogP contribution is 2.21. The maximum atomic E-state index is 12.0. The van der Waals surface area contributed by atoms with E-state index in [2.05, 4.69) is 5.32 Å². The first kappa shape index (κ1) is 11.8. The lowest BCUT2D eigenvalue weighted by atomic mass is 10.1. The fourth-order valence-electron chi connectivity index (χ4n) is 1.49. The third-order valence-electron chi connectivity index (χ3n) is 2.29. The predicted molar refractivity (Wildman–Crippen MR) is 44.5 cm³/mol. The molecule has 0 saturated carbocycles. The van der Waals surface area contributed by atoms with Crippen LogP contribution < -0.4 is 5.32 Å². The van der Waals surface area contributed by atoms with Crippen LogP contribution in [0, 0.1) is 0 Å². The van der Waals surface area contributed by atoms with Crippen molar-refractivity contribution in [2.45, 2.75) is 25.1 Å². The molecule has 1 aliphatic heterocycles. The summed E-state index contributed by atoms with van der Waals surface area (Å²) in [6.07, 6.45) is -2.66. The second-order valence-corrected chi connectivity index (χ2v) is 3.31. The van der Waals surface area contributed by atoms with Gasteiger partial charge in [0.25, 0.3) is 0 Å². The van der Waals surface area contributed by atoms with Crippen LogP contribution in [-0.2, 0) is 9.59 Å². The number of hydrogen-bond donors (Lipinski definition) is 1. The first-order valence-corrected chi connectivity index (χ1v) is 4.44. The molecule has 1 saturated heterocycles.